The van der Waals surface area contributed by atoms with Crippen LogP contribution in [0.3, 0.4) is 0 Å². The highest BCUT2D eigenvalue weighted by atomic mass is 32.1. The van der Waals surface area contributed by atoms with Crippen molar-refractivity contribution in [3.05, 3.63) is 58.3 Å². The van der Waals surface area contributed by atoms with Crippen molar-refractivity contribution in [3.8, 4) is 0 Å². The first-order chi connectivity index (χ1) is 11.5. The molecule has 0 bridgehead atoms. The molecular weight excluding hydrogens is 326 g/mol. The molecule has 6 heteroatoms. The standard InChI is InChI=1S/C18H19NO4S/c1-3-22-17(20)15-14(13-10-7-11-24-13)16(19-23-18(15,2)21)12-8-5-4-6-9-12/h4-11,14-15,21H,3H2,1-2H3. The molecule has 1 aromatic heterocycles. The highest BCUT2D eigenvalue weighted by Crippen LogP contribution is 2.42. The predicted octanol–water partition coefficient (Wildman–Crippen LogP) is 3.15. The van der Waals surface area contributed by atoms with Crippen molar-refractivity contribution in [1.82, 2.24) is 0 Å². The quantitative estimate of drug-likeness (QED) is 0.865. The number of ether oxygens (including phenoxy) is 1. The molecule has 2 heterocycles. The van der Waals surface area contributed by atoms with Crippen LogP contribution in [0.2, 0.25) is 0 Å². The largest absolute Gasteiger partial charge is 0.466 e. The molecule has 0 amide bonds. The van der Waals surface area contributed by atoms with Crippen LogP contribution in [0.15, 0.2) is 53.0 Å². The zero-order chi connectivity index (χ0) is 17.2. The van der Waals surface area contributed by atoms with E-state index >= 15 is 0 Å². The number of thiophene rings is 1. The Hall–Kier alpha value is -2.18. The maximum Gasteiger partial charge on any atom is 0.316 e. The lowest BCUT2D eigenvalue weighted by Crippen LogP contribution is -2.50. The summed E-state index contributed by atoms with van der Waals surface area (Å²) in [6.07, 6.45) is 0. The maximum atomic E-state index is 12.6. The number of carbonyl (C=O) groups is 1. The molecule has 3 rings (SSSR count). The molecule has 0 saturated heterocycles. The molecule has 1 aromatic carbocycles. The van der Waals surface area contributed by atoms with Gasteiger partial charge in [0.15, 0.2) is 0 Å². The molecular formula is C18H19NO4S. The number of rotatable bonds is 4. The molecule has 0 fully saturated rings. The van der Waals surface area contributed by atoms with E-state index < -0.39 is 23.6 Å². The Morgan fingerprint density at radius 1 is 1.33 bits per heavy atom. The highest BCUT2D eigenvalue weighted by molar-refractivity contribution is 7.10. The van der Waals surface area contributed by atoms with E-state index in [4.69, 9.17) is 9.57 Å². The third-order valence-corrected chi connectivity index (χ3v) is 4.95. The monoisotopic (exact) mass is 345 g/mol. The number of hydrogen-bond acceptors (Lipinski definition) is 6. The van der Waals surface area contributed by atoms with Crippen molar-refractivity contribution < 1.29 is 19.5 Å². The summed E-state index contributed by atoms with van der Waals surface area (Å²) in [5.41, 5.74) is 1.46. The van der Waals surface area contributed by atoms with Gasteiger partial charge in [-0.05, 0) is 23.9 Å². The van der Waals surface area contributed by atoms with Crippen molar-refractivity contribution in [2.45, 2.75) is 25.6 Å². The van der Waals surface area contributed by atoms with E-state index in [1.54, 1.807) is 6.92 Å². The van der Waals surface area contributed by atoms with Crippen LogP contribution in [0.25, 0.3) is 0 Å². The van der Waals surface area contributed by atoms with Crippen molar-refractivity contribution >= 4 is 23.0 Å². The fourth-order valence-corrected chi connectivity index (χ4v) is 3.78. The third kappa shape index (κ3) is 3.07. The molecule has 3 atom stereocenters. The normalized spacial score (nSPS) is 26.4. The van der Waals surface area contributed by atoms with Crippen molar-refractivity contribution in [2.75, 3.05) is 6.61 Å². The summed E-state index contributed by atoms with van der Waals surface area (Å²) in [6.45, 7) is 3.42. The zero-order valence-electron chi connectivity index (χ0n) is 13.5. The van der Waals surface area contributed by atoms with Gasteiger partial charge in [-0.2, -0.15) is 0 Å². The van der Waals surface area contributed by atoms with Crippen LogP contribution < -0.4 is 0 Å². The van der Waals surface area contributed by atoms with Gasteiger partial charge >= 0.3 is 5.97 Å². The van der Waals surface area contributed by atoms with Gasteiger partial charge in [0.1, 0.15) is 5.92 Å². The Morgan fingerprint density at radius 3 is 2.71 bits per heavy atom. The minimum Gasteiger partial charge on any atom is -0.466 e. The van der Waals surface area contributed by atoms with E-state index in [0.717, 1.165) is 10.4 Å². The molecule has 2 aromatic rings. The Balaban J connectivity index is 2.12. The summed E-state index contributed by atoms with van der Waals surface area (Å²) in [6, 6.07) is 13.4. The van der Waals surface area contributed by atoms with Gasteiger partial charge < -0.3 is 14.7 Å². The number of oxime groups is 1. The maximum absolute atomic E-state index is 12.6. The molecule has 1 aliphatic heterocycles. The molecule has 24 heavy (non-hydrogen) atoms. The van der Waals surface area contributed by atoms with E-state index in [1.807, 2.05) is 47.8 Å². The summed E-state index contributed by atoms with van der Waals surface area (Å²) in [5.74, 6) is -3.57. The fourth-order valence-electron chi connectivity index (χ4n) is 2.92. The van der Waals surface area contributed by atoms with Gasteiger partial charge in [0.2, 0.25) is 5.79 Å². The second-order valence-electron chi connectivity index (χ2n) is 5.71. The van der Waals surface area contributed by atoms with E-state index in [1.165, 1.54) is 18.3 Å². The van der Waals surface area contributed by atoms with Crippen LogP contribution in [0.1, 0.15) is 30.2 Å². The lowest BCUT2D eigenvalue weighted by atomic mass is 9.78. The number of carbonyl (C=O) groups excluding carboxylic acids is 1. The lowest BCUT2D eigenvalue weighted by molar-refractivity contribution is -0.238. The van der Waals surface area contributed by atoms with Crippen molar-refractivity contribution in [2.24, 2.45) is 11.1 Å². The zero-order valence-corrected chi connectivity index (χ0v) is 14.3. The fraction of sp³-hybridized carbons (Fsp3) is 0.333. The smallest absolute Gasteiger partial charge is 0.316 e. The van der Waals surface area contributed by atoms with Gasteiger partial charge in [-0.3, -0.25) is 4.79 Å². The minimum atomic E-state index is -1.74. The first kappa shape index (κ1) is 16.7. The molecule has 0 saturated carbocycles. The number of hydrogen-bond donors (Lipinski definition) is 1. The summed E-state index contributed by atoms with van der Waals surface area (Å²) in [5, 5.41) is 16.7. The first-order valence-electron chi connectivity index (χ1n) is 7.78. The Labute approximate surface area is 144 Å². The molecule has 0 aliphatic carbocycles. The molecule has 1 N–H and O–H groups in total. The number of esters is 1. The summed E-state index contributed by atoms with van der Waals surface area (Å²) >= 11 is 1.51. The van der Waals surface area contributed by atoms with Gasteiger partial charge in [0.05, 0.1) is 18.2 Å². The minimum absolute atomic E-state index is 0.236. The molecule has 0 radical (unpaired) electrons. The van der Waals surface area contributed by atoms with E-state index in [0.29, 0.717) is 5.71 Å². The summed E-state index contributed by atoms with van der Waals surface area (Å²) in [7, 11) is 0. The highest BCUT2D eigenvalue weighted by Gasteiger charge is 2.52. The van der Waals surface area contributed by atoms with Crippen LogP contribution in [-0.2, 0) is 14.4 Å². The van der Waals surface area contributed by atoms with Crippen LogP contribution >= 0.6 is 11.3 Å². The average molecular weight is 345 g/mol. The van der Waals surface area contributed by atoms with Crippen molar-refractivity contribution in [1.29, 1.82) is 0 Å². The Kier molecular flexibility index (Phi) is 4.69. The number of benzene rings is 1. The van der Waals surface area contributed by atoms with Gasteiger partial charge in [0, 0.05) is 11.8 Å². The van der Waals surface area contributed by atoms with Gasteiger partial charge in [-0.15, -0.1) is 11.3 Å². The number of aliphatic hydroxyl groups is 1. The molecule has 1 aliphatic rings. The Morgan fingerprint density at radius 2 is 2.08 bits per heavy atom. The number of nitrogens with zero attached hydrogens (tertiary/aromatic N) is 1. The molecule has 126 valence electrons. The summed E-state index contributed by atoms with van der Waals surface area (Å²) < 4.78 is 5.20. The van der Waals surface area contributed by atoms with E-state index in [-0.39, 0.29) is 6.61 Å². The van der Waals surface area contributed by atoms with Gasteiger partial charge in [-0.1, -0.05) is 41.6 Å². The first-order valence-corrected chi connectivity index (χ1v) is 8.66. The molecule has 3 unspecified atom stereocenters. The van der Waals surface area contributed by atoms with Crippen LogP contribution in [0.5, 0.6) is 0 Å². The lowest BCUT2D eigenvalue weighted by Gasteiger charge is -2.38. The third-order valence-electron chi connectivity index (χ3n) is 3.99. The van der Waals surface area contributed by atoms with E-state index in [9.17, 15) is 9.90 Å². The molecule has 5 nitrogen and oxygen atoms in total. The molecule has 0 spiro atoms. The second-order valence-corrected chi connectivity index (χ2v) is 6.69. The summed E-state index contributed by atoms with van der Waals surface area (Å²) in [4.78, 5) is 18.8. The van der Waals surface area contributed by atoms with E-state index in [2.05, 4.69) is 5.16 Å². The van der Waals surface area contributed by atoms with Crippen molar-refractivity contribution in [3.63, 3.8) is 0 Å². The second kappa shape index (κ2) is 6.75. The van der Waals surface area contributed by atoms with Gasteiger partial charge in [-0.25, -0.2) is 0 Å². The van der Waals surface area contributed by atoms with Crippen LogP contribution in [-0.4, -0.2) is 29.2 Å². The van der Waals surface area contributed by atoms with Crippen LogP contribution in [0, 0.1) is 5.92 Å². The predicted molar refractivity (Wildman–Crippen MR) is 91.9 cm³/mol. The average Bonchev–Trinajstić information content (AvgIpc) is 3.09. The van der Waals surface area contributed by atoms with Gasteiger partial charge in [0.25, 0.3) is 0 Å². The topological polar surface area (TPSA) is 68.1 Å². The SMILES string of the molecule is CCOC(=O)C1C(c2cccs2)C(c2ccccc2)=NOC1(C)O. The Bertz CT molecular complexity index is 725. The van der Waals surface area contributed by atoms with Crippen LogP contribution in [0.4, 0.5) is 0 Å².